The molecular formula is C22H21F3N4O2S. The van der Waals surface area contributed by atoms with Gasteiger partial charge in [0.15, 0.2) is 5.82 Å². The van der Waals surface area contributed by atoms with Gasteiger partial charge in [-0.1, -0.05) is 24.3 Å². The van der Waals surface area contributed by atoms with Crippen molar-refractivity contribution >= 4 is 21.5 Å². The van der Waals surface area contributed by atoms with Crippen molar-refractivity contribution in [3.8, 4) is 11.3 Å². The number of hydrogen-bond donors (Lipinski definition) is 1. The number of nitrogens with one attached hydrogen (secondary N) is 1. The molecule has 1 saturated heterocycles. The van der Waals surface area contributed by atoms with Gasteiger partial charge in [0.1, 0.15) is 0 Å². The second kappa shape index (κ2) is 8.78. The van der Waals surface area contributed by atoms with Gasteiger partial charge in [-0.05, 0) is 55.7 Å². The van der Waals surface area contributed by atoms with E-state index in [-0.39, 0.29) is 5.69 Å². The minimum absolute atomic E-state index is 0.126. The van der Waals surface area contributed by atoms with E-state index in [0.717, 1.165) is 49.9 Å². The Balaban J connectivity index is 1.57. The van der Waals surface area contributed by atoms with Crippen LogP contribution in [0.3, 0.4) is 0 Å². The lowest BCUT2D eigenvalue weighted by atomic mass is 10.1. The Bertz CT molecular complexity index is 1190. The van der Waals surface area contributed by atoms with Crippen LogP contribution >= 0.6 is 0 Å². The molecule has 1 aliphatic heterocycles. The Hall–Kier alpha value is -3.14. The molecular weight excluding hydrogens is 441 g/mol. The summed E-state index contributed by atoms with van der Waals surface area (Å²) >= 11 is 0. The van der Waals surface area contributed by atoms with Crippen molar-refractivity contribution in [3.05, 3.63) is 66.2 Å². The Morgan fingerprint density at radius 2 is 1.62 bits per heavy atom. The number of rotatable bonds is 5. The van der Waals surface area contributed by atoms with Crippen LogP contribution in [-0.2, 0) is 16.2 Å². The van der Waals surface area contributed by atoms with Crippen molar-refractivity contribution in [1.82, 2.24) is 10.2 Å². The zero-order valence-corrected chi connectivity index (χ0v) is 17.8. The number of benzene rings is 2. The summed E-state index contributed by atoms with van der Waals surface area (Å²) in [6.45, 7) is 1.87. The summed E-state index contributed by atoms with van der Waals surface area (Å²) in [6.07, 6.45) is -1.36. The van der Waals surface area contributed by atoms with Crippen LogP contribution in [0.1, 0.15) is 24.8 Å². The highest BCUT2D eigenvalue weighted by molar-refractivity contribution is 7.92. The predicted octanol–water partition coefficient (Wildman–Crippen LogP) is 4.95. The van der Waals surface area contributed by atoms with E-state index in [1.54, 1.807) is 18.2 Å². The van der Waals surface area contributed by atoms with Crippen LogP contribution in [-0.4, -0.2) is 31.7 Å². The van der Waals surface area contributed by atoms with Gasteiger partial charge in [-0.15, -0.1) is 10.2 Å². The number of halogens is 3. The Labute approximate surface area is 184 Å². The Morgan fingerprint density at radius 3 is 2.31 bits per heavy atom. The van der Waals surface area contributed by atoms with Gasteiger partial charge in [0.25, 0.3) is 10.0 Å². The maximum atomic E-state index is 13.3. The van der Waals surface area contributed by atoms with E-state index in [4.69, 9.17) is 0 Å². The number of aromatic nitrogens is 2. The maximum absolute atomic E-state index is 13.3. The molecule has 168 valence electrons. The third kappa shape index (κ3) is 4.85. The molecule has 32 heavy (non-hydrogen) atoms. The molecule has 0 spiro atoms. The number of anilines is 2. The third-order valence-corrected chi connectivity index (χ3v) is 6.66. The van der Waals surface area contributed by atoms with Crippen molar-refractivity contribution < 1.29 is 21.6 Å². The smallest absolute Gasteiger partial charge is 0.355 e. The molecule has 2 aromatic carbocycles. The average molecular weight is 462 g/mol. The van der Waals surface area contributed by atoms with Crippen molar-refractivity contribution in [2.24, 2.45) is 0 Å². The highest BCUT2D eigenvalue weighted by Crippen LogP contribution is 2.35. The first kappa shape index (κ1) is 22.1. The molecule has 0 saturated carbocycles. The molecule has 2 heterocycles. The van der Waals surface area contributed by atoms with Gasteiger partial charge in [0.05, 0.1) is 16.2 Å². The van der Waals surface area contributed by atoms with Gasteiger partial charge in [0.2, 0.25) is 0 Å². The number of alkyl halides is 3. The highest BCUT2D eigenvalue weighted by Gasteiger charge is 2.36. The van der Waals surface area contributed by atoms with E-state index in [1.807, 2.05) is 6.07 Å². The molecule has 6 nitrogen and oxygen atoms in total. The van der Waals surface area contributed by atoms with E-state index in [2.05, 4.69) is 19.8 Å². The molecule has 4 rings (SSSR count). The lowest BCUT2D eigenvalue weighted by Gasteiger charge is -2.27. The average Bonchev–Trinajstić information content (AvgIpc) is 2.79. The topological polar surface area (TPSA) is 75.2 Å². The highest BCUT2D eigenvalue weighted by atomic mass is 32.2. The fourth-order valence-corrected chi connectivity index (χ4v) is 4.94. The molecule has 1 N–H and O–H groups in total. The van der Waals surface area contributed by atoms with E-state index >= 15 is 0 Å². The molecule has 0 unspecified atom stereocenters. The summed E-state index contributed by atoms with van der Waals surface area (Å²) in [5, 5.41) is 8.53. The van der Waals surface area contributed by atoms with Crippen molar-refractivity contribution in [2.45, 2.75) is 30.3 Å². The Kier molecular flexibility index (Phi) is 6.05. The lowest BCUT2D eigenvalue weighted by molar-refractivity contribution is -0.139. The lowest BCUT2D eigenvalue weighted by Crippen LogP contribution is -2.30. The zero-order chi connectivity index (χ0) is 22.8. The van der Waals surface area contributed by atoms with Crippen LogP contribution in [0.25, 0.3) is 11.3 Å². The summed E-state index contributed by atoms with van der Waals surface area (Å²) in [5.41, 5.74) is 0.0266. The molecule has 1 fully saturated rings. The fourth-order valence-electron chi connectivity index (χ4n) is 3.66. The quantitative estimate of drug-likeness (QED) is 0.581. The maximum Gasteiger partial charge on any atom is 0.417 e. The largest absolute Gasteiger partial charge is 0.417 e. The summed E-state index contributed by atoms with van der Waals surface area (Å²) in [6, 6.07) is 14.0. The van der Waals surface area contributed by atoms with Gasteiger partial charge in [-0.25, -0.2) is 8.42 Å². The van der Waals surface area contributed by atoms with Crippen LogP contribution in [0, 0.1) is 0 Å². The number of nitrogens with zero attached hydrogens (tertiary/aromatic N) is 3. The zero-order valence-electron chi connectivity index (χ0n) is 17.0. The first-order valence-electron chi connectivity index (χ1n) is 10.1. The molecule has 0 atom stereocenters. The molecule has 0 radical (unpaired) electrons. The fraction of sp³-hybridized carbons (Fsp3) is 0.273. The summed E-state index contributed by atoms with van der Waals surface area (Å²) in [7, 11) is -4.46. The van der Waals surface area contributed by atoms with E-state index in [1.165, 1.54) is 24.6 Å². The van der Waals surface area contributed by atoms with E-state index in [0.29, 0.717) is 11.3 Å². The predicted molar refractivity (Wildman–Crippen MR) is 116 cm³/mol. The van der Waals surface area contributed by atoms with Crippen molar-refractivity contribution in [3.63, 3.8) is 0 Å². The first-order valence-corrected chi connectivity index (χ1v) is 11.6. The molecule has 10 heteroatoms. The number of piperidine rings is 1. The molecule has 0 bridgehead atoms. The minimum atomic E-state index is -4.79. The van der Waals surface area contributed by atoms with Gasteiger partial charge in [-0.2, -0.15) is 13.2 Å². The van der Waals surface area contributed by atoms with Crippen molar-refractivity contribution in [2.75, 3.05) is 22.7 Å². The summed E-state index contributed by atoms with van der Waals surface area (Å²) < 4.78 is 67.4. The number of sulfonamides is 1. The van der Waals surface area contributed by atoms with Crippen LogP contribution in [0.2, 0.25) is 0 Å². The van der Waals surface area contributed by atoms with Crippen LogP contribution in [0.5, 0.6) is 0 Å². The summed E-state index contributed by atoms with van der Waals surface area (Å²) in [4.78, 5) is 1.34. The number of hydrogen-bond acceptors (Lipinski definition) is 5. The van der Waals surface area contributed by atoms with Crippen molar-refractivity contribution in [1.29, 1.82) is 0 Å². The standard InChI is InChI=1S/C22H21F3N4O2S/c23-22(24,25)18-9-2-3-10-20(18)32(30,31)28-17-8-6-7-16(15-17)19-11-12-21(27-26-19)29-13-4-1-5-14-29/h2-3,6-12,15,28H,1,4-5,13-14H2. The SMILES string of the molecule is O=S(=O)(Nc1cccc(-c2ccc(N3CCCCC3)nn2)c1)c1ccccc1C(F)(F)F. The molecule has 1 aliphatic rings. The summed E-state index contributed by atoms with van der Waals surface area (Å²) in [5.74, 6) is 0.786. The monoisotopic (exact) mass is 462 g/mol. The third-order valence-electron chi connectivity index (χ3n) is 5.22. The molecule has 0 aliphatic carbocycles. The van der Waals surface area contributed by atoms with E-state index < -0.39 is 26.7 Å². The van der Waals surface area contributed by atoms with Gasteiger partial charge in [-0.3, -0.25) is 4.72 Å². The molecule has 1 aromatic heterocycles. The normalized spacial score (nSPS) is 14.9. The Morgan fingerprint density at radius 1 is 0.875 bits per heavy atom. The molecule has 0 amide bonds. The van der Waals surface area contributed by atoms with Crippen LogP contribution < -0.4 is 9.62 Å². The van der Waals surface area contributed by atoms with Crippen LogP contribution in [0.4, 0.5) is 24.7 Å². The van der Waals surface area contributed by atoms with Gasteiger partial charge in [0, 0.05) is 24.3 Å². The first-order chi connectivity index (χ1) is 15.2. The minimum Gasteiger partial charge on any atom is -0.355 e. The van der Waals surface area contributed by atoms with Crippen LogP contribution in [0.15, 0.2) is 65.6 Å². The second-order valence-electron chi connectivity index (χ2n) is 7.50. The molecule has 3 aromatic rings. The van der Waals surface area contributed by atoms with E-state index in [9.17, 15) is 21.6 Å². The van der Waals surface area contributed by atoms with Gasteiger partial charge >= 0.3 is 6.18 Å². The van der Waals surface area contributed by atoms with Gasteiger partial charge < -0.3 is 4.90 Å². The second-order valence-corrected chi connectivity index (χ2v) is 9.16.